The molecule has 11 aromatic carbocycles. The van der Waals surface area contributed by atoms with Crippen molar-refractivity contribution in [1.29, 1.82) is 0 Å². The molecule has 0 spiro atoms. The fourth-order valence-electron chi connectivity index (χ4n) is 9.56. The second kappa shape index (κ2) is 15.8. The van der Waals surface area contributed by atoms with Crippen molar-refractivity contribution in [2.24, 2.45) is 0 Å². The normalized spacial score (nSPS) is 11.4. The molecule has 1 aromatic heterocycles. The largest absolute Gasteiger partial charge is 0.310 e. The van der Waals surface area contributed by atoms with Crippen LogP contribution in [0.15, 0.2) is 255 Å². The SMILES string of the molecule is c1ccc(-c2ccc(N(c3ccc(-c4cccc(-n5c6ccccc6c6ccccc65)c4)cc3)c3cc(-c4ccc5ccccc5c4)ccc3-c3ccc4ccccc4c3)cc2)cc1. The molecule has 0 aliphatic heterocycles. The zero-order valence-corrected chi connectivity index (χ0v) is 35.1. The maximum absolute atomic E-state index is 2.43. The summed E-state index contributed by atoms with van der Waals surface area (Å²) in [4.78, 5) is 2.43. The fourth-order valence-corrected chi connectivity index (χ4v) is 9.56. The number of hydrogen-bond acceptors (Lipinski definition) is 1. The Morgan fingerprint density at radius 1 is 0.266 bits per heavy atom. The molecule has 0 fully saturated rings. The number of anilines is 3. The molecule has 2 heteroatoms. The Bertz CT molecular complexity index is 3600. The number of benzene rings is 11. The van der Waals surface area contributed by atoms with Crippen molar-refractivity contribution in [3.8, 4) is 50.2 Å². The monoisotopic (exact) mass is 814 g/mol. The minimum absolute atomic E-state index is 1.08. The lowest BCUT2D eigenvalue weighted by Crippen LogP contribution is -2.11. The van der Waals surface area contributed by atoms with Crippen LogP contribution in [0.4, 0.5) is 17.1 Å². The van der Waals surface area contributed by atoms with Crippen LogP contribution in [0.5, 0.6) is 0 Å². The number of aromatic nitrogens is 1. The van der Waals surface area contributed by atoms with Crippen molar-refractivity contribution in [2.75, 3.05) is 4.90 Å². The van der Waals surface area contributed by atoms with Crippen LogP contribution in [0, 0.1) is 0 Å². The van der Waals surface area contributed by atoms with Crippen molar-refractivity contribution in [3.63, 3.8) is 0 Å². The van der Waals surface area contributed by atoms with Gasteiger partial charge in [0.1, 0.15) is 0 Å². The quantitative estimate of drug-likeness (QED) is 0.148. The van der Waals surface area contributed by atoms with Crippen molar-refractivity contribution >= 4 is 60.4 Å². The van der Waals surface area contributed by atoms with Crippen molar-refractivity contribution in [1.82, 2.24) is 4.57 Å². The van der Waals surface area contributed by atoms with E-state index in [2.05, 4.69) is 264 Å². The zero-order valence-electron chi connectivity index (χ0n) is 35.1. The van der Waals surface area contributed by atoms with Gasteiger partial charge in [0.15, 0.2) is 0 Å². The van der Waals surface area contributed by atoms with E-state index in [1.54, 1.807) is 0 Å². The molecule has 64 heavy (non-hydrogen) atoms. The molecule has 12 rings (SSSR count). The van der Waals surface area contributed by atoms with E-state index in [1.165, 1.54) is 71.2 Å². The van der Waals surface area contributed by atoms with Crippen molar-refractivity contribution < 1.29 is 0 Å². The minimum Gasteiger partial charge on any atom is -0.310 e. The molecule has 0 aliphatic rings. The third kappa shape index (κ3) is 6.70. The maximum atomic E-state index is 2.43. The number of nitrogens with zero attached hydrogens (tertiary/aromatic N) is 2. The average molecular weight is 815 g/mol. The van der Waals surface area contributed by atoms with E-state index in [0.717, 1.165) is 39.4 Å². The first-order chi connectivity index (χ1) is 31.7. The van der Waals surface area contributed by atoms with Crippen LogP contribution in [-0.4, -0.2) is 4.57 Å². The molecule has 0 unspecified atom stereocenters. The predicted molar refractivity (Wildman–Crippen MR) is 272 cm³/mol. The van der Waals surface area contributed by atoms with Gasteiger partial charge in [0.05, 0.1) is 16.7 Å². The van der Waals surface area contributed by atoms with Gasteiger partial charge in [-0.25, -0.2) is 0 Å². The summed E-state index contributed by atoms with van der Waals surface area (Å²) in [6.45, 7) is 0. The van der Waals surface area contributed by atoms with Crippen LogP contribution in [0.25, 0.3) is 93.5 Å². The molecule has 0 radical (unpaired) electrons. The van der Waals surface area contributed by atoms with E-state index in [0.29, 0.717) is 0 Å². The number of hydrogen-bond donors (Lipinski definition) is 0. The average Bonchev–Trinajstić information content (AvgIpc) is 3.71. The van der Waals surface area contributed by atoms with Crippen molar-refractivity contribution in [3.05, 3.63) is 255 Å². The van der Waals surface area contributed by atoms with Crippen LogP contribution < -0.4 is 4.90 Å². The highest BCUT2D eigenvalue weighted by Gasteiger charge is 2.20. The van der Waals surface area contributed by atoms with Gasteiger partial charge in [-0.2, -0.15) is 0 Å². The highest BCUT2D eigenvalue weighted by atomic mass is 15.1. The highest BCUT2D eigenvalue weighted by molar-refractivity contribution is 6.09. The summed E-state index contributed by atoms with van der Waals surface area (Å²) >= 11 is 0. The lowest BCUT2D eigenvalue weighted by Gasteiger charge is -2.29. The Hall–Kier alpha value is -8.46. The molecule has 0 atom stereocenters. The van der Waals surface area contributed by atoms with Crippen molar-refractivity contribution in [2.45, 2.75) is 0 Å². The van der Waals surface area contributed by atoms with Crippen LogP contribution in [0.1, 0.15) is 0 Å². The molecule has 12 aromatic rings. The fraction of sp³-hybridized carbons (Fsp3) is 0. The van der Waals surface area contributed by atoms with Gasteiger partial charge in [-0.15, -0.1) is 0 Å². The smallest absolute Gasteiger partial charge is 0.0546 e. The van der Waals surface area contributed by atoms with E-state index < -0.39 is 0 Å². The second-order valence-electron chi connectivity index (χ2n) is 16.6. The lowest BCUT2D eigenvalue weighted by atomic mass is 9.94. The minimum atomic E-state index is 1.08. The van der Waals surface area contributed by atoms with E-state index in [1.807, 2.05) is 0 Å². The van der Waals surface area contributed by atoms with Gasteiger partial charge >= 0.3 is 0 Å². The second-order valence-corrected chi connectivity index (χ2v) is 16.6. The molecule has 0 N–H and O–H groups in total. The summed E-state index contributed by atoms with van der Waals surface area (Å²) in [5.74, 6) is 0. The van der Waals surface area contributed by atoms with Crippen LogP contribution in [0.2, 0.25) is 0 Å². The van der Waals surface area contributed by atoms with Gasteiger partial charge < -0.3 is 9.47 Å². The molecule has 300 valence electrons. The molecule has 1 heterocycles. The van der Waals surface area contributed by atoms with Crippen LogP contribution in [0.3, 0.4) is 0 Å². The number of rotatable bonds is 8. The van der Waals surface area contributed by atoms with Crippen LogP contribution >= 0.6 is 0 Å². The molecule has 0 aliphatic carbocycles. The van der Waals surface area contributed by atoms with Gasteiger partial charge in [0, 0.05) is 33.4 Å². The van der Waals surface area contributed by atoms with Crippen LogP contribution in [-0.2, 0) is 0 Å². The Labute approximate surface area is 373 Å². The first kappa shape index (κ1) is 37.3. The van der Waals surface area contributed by atoms with Gasteiger partial charge in [-0.1, -0.05) is 188 Å². The zero-order chi connectivity index (χ0) is 42.4. The van der Waals surface area contributed by atoms with Gasteiger partial charge in [0.2, 0.25) is 0 Å². The van der Waals surface area contributed by atoms with E-state index in [-0.39, 0.29) is 0 Å². The summed E-state index contributed by atoms with van der Waals surface area (Å²) in [6, 6.07) is 92.9. The molecule has 0 saturated heterocycles. The van der Waals surface area contributed by atoms with Gasteiger partial charge in [-0.3, -0.25) is 0 Å². The summed E-state index contributed by atoms with van der Waals surface area (Å²) < 4.78 is 2.39. The predicted octanol–water partition coefficient (Wildman–Crippen LogP) is 17.2. The Balaban J connectivity index is 1.02. The van der Waals surface area contributed by atoms with E-state index in [4.69, 9.17) is 0 Å². The Kier molecular flexibility index (Phi) is 9.20. The summed E-state index contributed by atoms with van der Waals surface area (Å²) in [5.41, 5.74) is 16.2. The third-order valence-corrected chi connectivity index (χ3v) is 12.8. The third-order valence-electron chi connectivity index (χ3n) is 12.8. The number of para-hydroxylation sites is 2. The van der Waals surface area contributed by atoms with Gasteiger partial charge in [-0.05, 0) is 127 Å². The maximum Gasteiger partial charge on any atom is 0.0546 e. The first-order valence-corrected chi connectivity index (χ1v) is 22.0. The molecule has 2 nitrogen and oxygen atoms in total. The molecule has 0 amide bonds. The van der Waals surface area contributed by atoms with E-state index in [9.17, 15) is 0 Å². The Morgan fingerprint density at radius 3 is 1.34 bits per heavy atom. The molecule has 0 bridgehead atoms. The standard InChI is InChI=1S/C62H42N2/c1-2-13-43(14-3-1)46-29-34-54(35-30-46)63(55-36-31-47(32-37-55)50-19-12-20-56(41-50)64-60-23-10-8-21-58(60)59-22-9-11-24-61(59)64)62-42-52(51-27-25-44-15-4-6-17-48(44)39-51)33-38-57(62)53-28-26-45-16-5-7-18-49(45)40-53/h1-42H. The first-order valence-electron chi connectivity index (χ1n) is 22.0. The lowest BCUT2D eigenvalue weighted by molar-refractivity contribution is 1.18. The molecule has 0 saturated carbocycles. The summed E-state index contributed by atoms with van der Waals surface area (Å²) in [5, 5.41) is 7.43. The summed E-state index contributed by atoms with van der Waals surface area (Å²) in [7, 11) is 0. The number of fused-ring (bicyclic) bond motifs is 5. The topological polar surface area (TPSA) is 8.17 Å². The molecular formula is C62H42N2. The van der Waals surface area contributed by atoms with E-state index >= 15 is 0 Å². The van der Waals surface area contributed by atoms with Gasteiger partial charge in [0.25, 0.3) is 0 Å². The summed E-state index contributed by atoms with van der Waals surface area (Å²) in [6.07, 6.45) is 0. The molecular weight excluding hydrogens is 773 g/mol. The highest BCUT2D eigenvalue weighted by Crippen LogP contribution is 2.45. The Morgan fingerprint density at radius 2 is 0.703 bits per heavy atom.